The summed E-state index contributed by atoms with van der Waals surface area (Å²) in [5.74, 6) is 5.78. The topological polar surface area (TPSA) is 98.8 Å². The molecule has 3 N–H and O–H groups in total. The number of carbonyl (C=O) groups is 2. The first-order chi connectivity index (χ1) is 19.3. The molecule has 0 aliphatic carbocycles. The molecule has 1 aromatic rings. The predicted molar refractivity (Wildman–Crippen MR) is 168 cm³/mol. The van der Waals surface area contributed by atoms with Gasteiger partial charge in [0.25, 0.3) is 0 Å². The smallest absolute Gasteiger partial charge is 0.404 e. The van der Waals surface area contributed by atoms with Crippen LogP contribution in [0.15, 0.2) is 71.3 Å². The highest BCUT2D eigenvalue weighted by Gasteiger charge is 2.28. The summed E-state index contributed by atoms with van der Waals surface area (Å²) >= 11 is 3.59. The third-order valence-corrected chi connectivity index (χ3v) is 8.24. The summed E-state index contributed by atoms with van der Waals surface area (Å²) in [6.45, 7) is 12.0. The van der Waals surface area contributed by atoms with E-state index < -0.39 is 29.7 Å². The maximum Gasteiger partial charge on any atom is 0.404 e. The zero-order valence-electron chi connectivity index (χ0n) is 25.0. The van der Waals surface area contributed by atoms with Crippen LogP contribution in [0, 0.1) is 41.9 Å². The fraction of sp³-hybridized carbons (Fsp3) is 0.471. The number of primary amides is 1. The number of nitrogens with two attached hydrogens (primary N) is 1. The van der Waals surface area contributed by atoms with E-state index >= 15 is 0 Å². The Hall–Kier alpha value is -3.08. The Labute approximate surface area is 253 Å². The number of allylic oxidation sites excluding steroid dienone is 4. The van der Waals surface area contributed by atoms with Crippen molar-refractivity contribution in [3.63, 3.8) is 0 Å². The highest BCUT2D eigenvalue weighted by Crippen LogP contribution is 2.38. The second-order valence-electron chi connectivity index (χ2n) is 11.6. The van der Waals surface area contributed by atoms with Gasteiger partial charge >= 0.3 is 12.1 Å². The summed E-state index contributed by atoms with van der Waals surface area (Å²) in [5.41, 5.74) is 6.64. The number of esters is 1. The molecule has 0 spiro atoms. The summed E-state index contributed by atoms with van der Waals surface area (Å²) in [4.78, 5) is 23.9. The molecular formula is C34H44BrNO5. The van der Waals surface area contributed by atoms with E-state index in [4.69, 9.17) is 15.2 Å². The number of aliphatic hydroxyl groups excluding tert-OH is 1. The molecule has 6 atom stereocenters. The Balaban J connectivity index is 2.15. The third kappa shape index (κ3) is 11.7. The minimum atomic E-state index is -0.771. The molecule has 0 saturated heterocycles. The normalized spacial score (nSPS) is 26.8. The van der Waals surface area contributed by atoms with E-state index in [0.717, 1.165) is 15.6 Å². The molecule has 1 amide bonds. The number of halogens is 1. The predicted octanol–water partition coefficient (Wildman–Crippen LogP) is 7.51. The van der Waals surface area contributed by atoms with E-state index in [1.807, 2.05) is 65.0 Å². The van der Waals surface area contributed by atoms with Crippen LogP contribution in [0.1, 0.15) is 71.1 Å². The molecule has 0 unspecified atom stereocenters. The van der Waals surface area contributed by atoms with Gasteiger partial charge in [-0.15, -0.1) is 0 Å². The van der Waals surface area contributed by atoms with Crippen molar-refractivity contribution in [1.29, 1.82) is 0 Å². The Morgan fingerprint density at radius 3 is 2.61 bits per heavy atom. The number of amides is 1. The Bertz CT molecular complexity index is 1220. The summed E-state index contributed by atoms with van der Waals surface area (Å²) in [7, 11) is 0. The summed E-state index contributed by atoms with van der Waals surface area (Å²) < 4.78 is 12.0. The van der Waals surface area contributed by atoms with Crippen LogP contribution in [0.4, 0.5) is 4.79 Å². The number of carbonyl (C=O) groups excluding carboxylic acids is 2. The molecule has 222 valence electrons. The quantitative estimate of drug-likeness (QED) is 0.200. The van der Waals surface area contributed by atoms with Gasteiger partial charge in [-0.2, -0.15) is 0 Å². The number of hydrogen-bond acceptors (Lipinski definition) is 5. The molecule has 0 radical (unpaired) electrons. The number of aryl methyl sites for hydroxylation is 1. The summed E-state index contributed by atoms with van der Waals surface area (Å²) in [6.07, 6.45) is 14.1. The van der Waals surface area contributed by atoms with Gasteiger partial charge in [0, 0.05) is 21.9 Å². The van der Waals surface area contributed by atoms with E-state index in [2.05, 4.69) is 40.8 Å². The highest BCUT2D eigenvalue weighted by molar-refractivity contribution is 9.10. The first-order valence-corrected chi connectivity index (χ1v) is 14.9. The molecule has 41 heavy (non-hydrogen) atoms. The molecule has 1 aliphatic heterocycles. The maximum atomic E-state index is 12.5. The van der Waals surface area contributed by atoms with E-state index in [1.54, 1.807) is 24.3 Å². The van der Waals surface area contributed by atoms with Crippen LogP contribution in [-0.2, 0) is 14.3 Å². The molecular weight excluding hydrogens is 582 g/mol. The van der Waals surface area contributed by atoms with Crippen molar-refractivity contribution in [3.8, 4) is 11.8 Å². The van der Waals surface area contributed by atoms with Gasteiger partial charge in [-0.25, -0.2) is 9.59 Å². The number of rotatable bonds is 5. The molecule has 0 saturated carbocycles. The largest absolute Gasteiger partial charge is 0.454 e. The number of cyclic esters (lactones) is 1. The average molecular weight is 627 g/mol. The molecule has 2 rings (SSSR count). The van der Waals surface area contributed by atoms with Crippen molar-refractivity contribution in [3.05, 3.63) is 82.4 Å². The van der Waals surface area contributed by atoms with Crippen LogP contribution in [0.5, 0.6) is 0 Å². The SMILES string of the molecule is Cc1cccc([C@@H](O)C(C)(C)/C=C/C#C/C=C/[C@H]2OC(=O)/C=C\C[C@@H](C)C[C@@H](OC(N)=O)C[C@@H](C)/C=C/[C@@H]2C)c1Br. The minimum absolute atomic E-state index is 0.109. The van der Waals surface area contributed by atoms with Crippen molar-refractivity contribution in [1.82, 2.24) is 0 Å². The van der Waals surface area contributed by atoms with Crippen LogP contribution < -0.4 is 5.73 Å². The van der Waals surface area contributed by atoms with Crippen molar-refractivity contribution < 1.29 is 24.2 Å². The molecule has 0 bridgehead atoms. The second kappa shape index (κ2) is 16.4. The van der Waals surface area contributed by atoms with Gasteiger partial charge in [0.05, 0.1) is 6.10 Å². The number of aliphatic hydroxyl groups is 1. The fourth-order valence-corrected chi connectivity index (χ4v) is 5.11. The van der Waals surface area contributed by atoms with Gasteiger partial charge in [0.15, 0.2) is 0 Å². The standard InChI is InChI=1S/C34H44BrNO5/c1-23-13-11-17-30(37)41-29(25(3)19-18-24(2)22-27(21-23)40-33(36)39)16-9-7-8-10-20-34(5,6)32(38)28-15-12-14-26(4)31(28)35/h9-12,14-20,23-25,27,29,32,38H,13,21-22H2,1-6H3,(H2,36,39)/b16-9+,17-11-,19-18+,20-10+/t23-,24+,25+,27-,29-,32-/m1/s1. The van der Waals surface area contributed by atoms with Crippen LogP contribution in [0.2, 0.25) is 0 Å². The lowest BCUT2D eigenvalue weighted by Gasteiger charge is -2.28. The molecule has 1 aromatic carbocycles. The second-order valence-corrected chi connectivity index (χ2v) is 12.4. The van der Waals surface area contributed by atoms with Gasteiger partial charge in [0.1, 0.15) is 12.2 Å². The maximum absolute atomic E-state index is 12.5. The van der Waals surface area contributed by atoms with Gasteiger partial charge in [0.2, 0.25) is 0 Å². The lowest BCUT2D eigenvalue weighted by molar-refractivity contribution is -0.142. The number of hydrogen-bond donors (Lipinski definition) is 2. The molecule has 0 fully saturated rings. The molecule has 7 heteroatoms. The zero-order chi connectivity index (χ0) is 30.6. The van der Waals surface area contributed by atoms with Crippen molar-refractivity contribution in [2.75, 3.05) is 0 Å². The Morgan fingerprint density at radius 2 is 1.90 bits per heavy atom. The van der Waals surface area contributed by atoms with E-state index in [0.29, 0.717) is 19.3 Å². The highest BCUT2D eigenvalue weighted by atomic mass is 79.9. The number of ether oxygens (including phenoxy) is 2. The molecule has 6 nitrogen and oxygen atoms in total. The lowest BCUT2D eigenvalue weighted by Crippen LogP contribution is -2.26. The van der Waals surface area contributed by atoms with Crippen LogP contribution >= 0.6 is 15.9 Å². The van der Waals surface area contributed by atoms with Crippen molar-refractivity contribution in [2.24, 2.45) is 28.9 Å². The van der Waals surface area contributed by atoms with E-state index in [1.165, 1.54) is 6.08 Å². The average Bonchev–Trinajstić information content (AvgIpc) is 2.88. The van der Waals surface area contributed by atoms with Crippen LogP contribution in [-0.4, -0.2) is 29.4 Å². The zero-order valence-corrected chi connectivity index (χ0v) is 26.6. The van der Waals surface area contributed by atoms with Crippen molar-refractivity contribution >= 4 is 28.0 Å². The van der Waals surface area contributed by atoms with Crippen LogP contribution in [0.3, 0.4) is 0 Å². The molecule has 1 heterocycles. The third-order valence-electron chi connectivity index (χ3n) is 7.16. The van der Waals surface area contributed by atoms with Gasteiger partial charge in [-0.3, -0.25) is 0 Å². The van der Waals surface area contributed by atoms with Gasteiger partial charge in [-0.1, -0.05) is 105 Å². The lowest BCUT2D eigenvalue weighted by atomic mass is 9.82. The Kier molecular flexibility index (Phi) is 13.6. The monoisotopic (exact) mass is 625 g/mol. The first kappa shape index (κ1) is 34.1. The van der Waals surface area contributed by atoms with Crippen molar-refractivity contribution in [2.45, 2.75) is 79.1 Å². The summed E-state index contributed by atoms with van der Waals surface area (Å²) in [6, 6.07) is 5.84. The van der Waals surface area contributed by atoms with Crippen LogP contribution in [0.25, 0.3) is 0 Å². The number of benzene rings is 1. The van der Waals surface area contributed by atoms with Gasteiger partial charge in [-0.05, 0) is 67.4 Å². The van der Waals surface area contributed by atoms with E-state index in [-0.39, 0.29) is 23.9 Å². The molecule has 1 aliphatic rings. The fourth-order valence-electron chi connectivity index (χ4n) is 4.63. The first-order valence-electron chi connectivity index (χ1n) is 14.1. The molecule has 0 aromatic heterocycles. The van der Waals surface area contributed by atoms with Gasteiger partial charge < -0.3 is 20.3 Å². The Morgan fingerprint density at radius 1 is 1.20 bits per heavy atom. The van der Waals surface area contributed by atoms with E-state index in [9.17, 15) is 14.7 Å². The minimum Gasteiger partial charge on any atom is -0.454 e. The summed E-state index contributed by atoms with van der Waals surface area (Å²) in [5, 5.41) is 11.0.